The largest absolute Gasteiger partial charge is 0.481 e. The fourth-order valence-corrected chi connectivity index (χ4v) is 2.41. The Morgan fingerprint density at radius 1 is 1.32 bits per heavy atom. The average molecular weight is 426 g/mol. The van der Waals surface area contributed by atoms with Crippen molar-refractivity contribution < 1.29 is 19.4 Å². The molecule has 0 atom stereocenters. The number of rotatable bonds is 6. The molecule has 0 saturated carbocycles. The molecule has 130 valence electrons. The highest BCUT2D eigenvalue weighted by Gasteiger charge is 2.08. The first-order chi connectivity index (χ1) is 11.9. The number of carbonyl (C=O) groups is 2. The molecule has 0 spiro atoms. The normalized spacial score (nSPS) is 10.7. The van der Waals surface area contributed by atoms with Crippen LogP contribution in [0.15, 0.2) is 46.0 Å². The minimum absolute atomic E-state index is 0.335. The first-order valence-corrected chi connectivity index (χ1v) is 8.27. The number of halogens is 2. The number of ether oxygens (including phenoxy) is 1. The van der Waals surface area contributed by atoms with E-state index in [1.165, 1.54) is 6.21 Å². The Bertz CT molecular complexity index is 839. The first-order valence-electron chi connectivity index (χ1n) is 7.10. The Morgan fingerprint density at radius 3 is 2.76 bits per heavy atom. The van der Waals surface area contributed by atoms with Gasteiger partial charge in [0.1, 0.15) is 5.75 Å². The lowest BCUT2D eigenvalue weighted by Crippen LogP contribution is -2.17. The molecule has 2 aromatic carbocycles. The minimum Gasteiger partial charge on any atom is -0.481 e. The molecule has 0 bridgehead atoms. The highest BCUT2D eigenvalue weighted by Crippen LogP contribution is 2.22. The van der Waals surface area contributed by atoms with Crippen LogP contribution in [0.25, 0.3) is 0 Å². The van der Waals surface area contributed by atoms with E-state index in [1.54, 1.807) is 36.4 Å². The van der Waals surface area contributed by atoms with Gasteiger partial charge in [0.25, 0.3) is 5.91 Å². The predicted molar refractivity (Wildman–Crippen MR) is 98.5 cm³/mol. The molecule has 0 heterocycles. The first kappa shape index (κ1) is 19.0. The number of aryl methyl sites for hydroxylation is 1. The summed E-state index contributed by atoms with van der Waals surface area (Å²) in [6.07, 6.45) is 1.37. The lowest BCUT2D eigenvalue weighted by Gasteiger charge is -2.07. The predicted octanol–water partition coefficient (Wildman–Crippen LogP) is 3.64. The van der Waals surface area contributed by atoms with Crippen LogP contribution in [0.2, 0.25) is 5.02 Å². The third kappa shape index (κ3) is 5.58. The molecule has 0 aliphatic carbocycles. The molecule has 2 N–H and O–H groups in total. The monoisotopic (exact) mass is 424 g/mol. The zero-order chi connectivity index (χ0) is 18.4. The van der Waals surface area contributed by atoms with Crippen LogP contribution in [0, 0.1) is 6.92 Å². The van der Waals surface area contributed by atoms with E-state index in [0.29, 0.717) is 21.9 Å². The van der Waals surface area contributed by atoms with Gasteiger partial charge in [-0.05, 0) is 42.8 Å². The van der Waals surface area contributed by atoms with Gasteiger partial charge < -0.3 is 9.84 Å². The van der Waals surface area contributed by atoms with Crippen LogP contribution in [0.3, 0.4) is 0 Å². The molecule has 6 nitrogen and oxygen atoms in total. The summed E-state index contributed by atoms with van der Waals surface area (Å²) in [5.74, 6) is -1.17. The Kier molecular flexibility index (Phi) is 6.55. The number of hydrogen-bond acceptors (Lipinski definition) is 4. The quantitative estimate of drug-likeness (QED) is 0.546. The number of hydrazone groups is 1. The van der Waals surface area contributed by atoms with Crippen LogP contribution >= 0.6 is 27.5 Å². The van der Waals surface area contributed by atoms with Gasteiger partial charge in [-0.15, -0.1) is 0 Å². The molecule has 0 saturated heterocycles. The second-order valence-corrected chi connectivity index (χ2v) is 6.35. The fraction of sp³-hybridized carbons (Fsp3) is 0.118. The number of carboxylic acids is 1. The van der Waals surface area contributed by atoms with E-state index < -0.39 is 18.5 Å². The van der Waals surface area contributed by atoms with E-state index in [0.717, 1.165) is 10.0 Å². The highest BCUT2D eigenvalue weighted by atomic mass is 79.9. The summed E-state index contributed by atoms with van der Waals surface area (Å²) >= 11 is 9.31. The lowest BCUT2D eigenvalue weighted by molar-refractivity contribution is -0.139. The van der Waals surface area contributed by atoms with E-state index in [9.17, 15) is 9.59 Å². The van der Waals surface area contributed by atoms with Crippen LogP contribution in [0.1, 0.15) is 21.5 Å². The van der Waals surface area contributed by atoms with Gasteiger partial charge >= 0.3 is 5.97 Å². The molecule has 0 unspecified atom stereocenters. The number of amides is 1. The van der Waals surface area contributed by atoms with E-state index in [4.69, 9.17) is 21.4 Å². The SMILES string of the molecule is Cc1ccc(C(=O)N/N=C\c2cc(Br)ccc2OCC(=O)O)cc1Cl. The zero-order valence-electron chi connectivity index (χ0n) is 13.1. The number of carbonyl (C=O) groups excluding carboxylic acids is 1. The standard InChI is InChI=1S/C17H14BrClN2O4/c1-10-2-3-11(7-14(10)19)17(24)21-20-8-12-6-13(18)4-5-15(12)25-9-16(22)23/h2-8H,9H2,1H3,(H,21,24)(H,22,23)/b20-8-. The summed E-state index contributed by atoms with van der Waals surface area (Å²) in [4.78, 5) is 22.7. The number of benzene rings is 2. The van der Waals surface area contributed by atoms with Gasteiger partial charge in [-0.1, -0.05) is 33.6 Å². The molecule has 8 heteroatoms. The Morgan fingerprint density at radius 2 is 2.08 bits per heavy atom. The minimum atomic E-state index is -1.09. The van der Waals surface area contributed by atoms with Crippen molar-refractivity contribution in [3.8, 4) is 5.75 Å². The van der Waals surface area contributed by atoms with Crippen LogP contribution < -0.4 is 10.2 Å². The Labute approximate surface area is 157 Å². The Balaban J connectivity index is 2.10. The van der Waals surface area contributed by atoms with E-state index in [-0.39, 0.29) is 0 Å². The molecule has 0 aliphatic heterocycles. The van der Waals surface area contributed by atoms with Crippen LogP contribution in [-0.4, -0.2) is 29.8 Å². The van der Waals surface area contributed by atoms with Gasteiger partial charge in [-0.25, -0.2) is 10.2 Å². The molecule has 25 heavy (non-hydrogen) atoms. The Hall–Kier alpha value is -2.38. The number of hydrogen-bond donors (Lipinski definition) is 2. The second kappa shape index (κ2) is 8.64. The highest BCUT2D eigenvalue weighted by molar-refractivity contribution is 9.10. The van der Waals surface area contributed by atoms with Crippen LogP contribution in [-0.2, 0) is 4.79 Å². The number of carboxylic acid groups (broad SMARTS) is 1. The average Bonchev–Trinajstić information content (AvgIpc) is 2.56. The maximum absolute atomic E-state index is 12.1. The van der Waals surface area contributed by atoms with Gasteiger partial charge in [0, 0.05) is 20.6 Å². The zero-order valence-corrected chi connectivity index (χ0v) is 15.5. The molecule has 0 radical (unpaired) electrons. The van der Waals surface area contributed by atoms with Gasteiger partial charge in [-0.2, -0.15) is 5.10 Å². The smallest absolute Gasteiger partial charge is 0.341 e. The van der Waals surface area contributed by atoms with Crippen molar-refractivity contribution in [1.29, 1.82) is 0 Å². The van der Waals surface area contributed by atoms with Crippen molar-refractivity contribution in [3.63, 3.8) is 0 Å². The molecule has 2 rings (SSSR count). The molecular weight excluding hydrogens is 412 g/mol. The summed E-state index contributed by atoms with van der Waals surface area (Å²) in [6.45, 7) is 1.37. The van der Waals surface area contributed by atoms with Gasteiger partial charge in [0.15, 0.2) is 6.61 Å². The maximum atomic E-state index is 12.1. The molecule has 0 fully saturated rings. The fourth-order valence-electron chi connectivity index (χ4n) is 1.85. The van der Waals surface area contributed by atoms with E-state index in [1.807, 2.05) is 6.92 Å². The van der Waals surface area contributed by atoms with Crippen molar-refractivity contribution in [2.45, 2.75) is 6.92 Å². The number of aliphatic carboxylic acids is 1. The molecular formula is C17H14BrClN2O4. The van der Waals surface area contributed by atoms with Crippen molar-refractivity contribution in [1.82, 2.24) is 5.43 Å². The molecule has 1 amide bonds. The summed E-state index contributed by atoms with van der Waals surface area (Å²) in [6, 6.07) is 9.95. The number of nitrogens with one attached hydrogen (secondary N) is 1. The third-order valence-corrected chi connectivity index (χ3v) is 4.03. The van der Waals surface area contributed by atoms with Crippen LogP contribution in [0.5, 0.6) is 5.75 Å². The molecule has 0 aromatic heterocycles. The van der Waals surface area contributed by atoms with Gasteiger partial charge in [-0.3, -0.25) is 4.79 Å². The summed E-state index contributed by atoms with van der Waals surface area (Å²) in [7, 11) is 0. The molecule has 0 aliphatic rings. The van der Waals surface area contributed by atoms with Crippen molar-refractivity contribution in [2.75, 3.05) is 6.61 Å². The lowest BCUT2D eigenvalue weighted by atomic mass is 10.1. The van der Waals surface area contributed by atoms with E-state index in [2.05, 4.69) is 26.5 Å². The summed E-state index contributed by atoms with van der Waals surface area (Å²) in [5.41, 5.74) is 4.15. The van der Waals surface area contributed by atoms with Gasteiger partial charge in [0.2, 0.25) is 0 Å². The third-order valence-electron chi connectivity index (χ3n) is 3.13. The number of nitrogens with zero attached hydrogens (tertiary/aromatic N) is 1. The summed E-state index contributed by atoms with van der Waals surface area (Å²) < 4.78 is 5.94. The van der Waals surface area contributed by atoms with Crippen LogP contribution in [0.4, 0.5) is 0 Å². The molecule has 2 aromatic rings. The van der Waals surface area contributed by atoms with Crippen molar-refractivity contribution >= 4 is 45.6 Å². The van der Waals surface area contributed by atoms with E-state index >= 15 is 0 Å². The maximum Gasteiger partial charge on any atom is 0.341 e. The summed E-state index contributed by atoms with van der Waals surface area (Å²) in [5, 5.41) is 13.1. The van der Waals surface area contributed by atoms with Crippen molar-refractivity contribution in [2.24, 2.45) is 5.10 Å². The van der Waals surface area contributed by atoms with Crippen molar-refractivity contribution in [3.05, 3.63) is 62.6 Å². The topological polar surface area (TPSA) is 88.0 Å². The second-order valence-electron chi connectivity index (χ2n) is 5.03. The van der Waals surface area contributed by atoms with Gasteiger partial charge in [0.05, 0.1) is 6.21 Å².